The topological polar surface area (TPSA) is 63.6 Å². The van der Waals surface area contributed by atoms with Crippen molar-refractivity contribution in [3.05, 3.63) is 145 Å². The lowest BCUT2D eigenvalue weighted by atomic mass is 10.0. The van der Waals surface area contributed by atoms with Crippen LogP contribution in [0.4, 0.5) is 0 Å². The van der Waals surface area contributed by atoms with E-state index in [-0.39, 0.29) is 0 Å². The normalized spacial score (nSPS) is 12.1. The Bertz CT molecular complexity index is 2280. The first-order chi connectivity index (χ1) is 20.3. The van der Waals surface area contributed by atoms with Crippen LogP contribution in [-0.4, -0.2) is 20.1 Å². The summed E-state index contributed by atoms with van der Waals surface area (Å²) in [5, 5.41) is 11.5. The molecule has 0 bridgehead atoms. The van der Waals surface area contributed by atoms with Crippen molar-refractivity contribution >= 4 is 49.6 Å². The Hall–Kier alpha value is -5.68. The monoisotopic (exact) mass is 528 g/mol. The molecule has 3 heterocycles. The second kappa shape index (κ2) is 9.21. The summed E-state index contributed by atoms with van der Waals surface area (Å²) in [6.45, 7) is 0. The minimum atomic E-state index is 0.410. The zero-order chi connectivity index (χ0) is 27.3. The molecule has 3 N–H and O–H groups in total. The number of aromatic amines is 1. The highest BCUT2D eigenvalue weighted by Crippen LogP contribution is 2.34. The Balaban J connectivity index is 1.32. The minimum absolute atomic E-state index is 0.410. The molecule has 0 aliphatic carbocycles. The number of benzene rings is 5. The van der Waals surface area contributed by atoms with Gasteiger partial charge in [-0.2, -0.15) is 4.57 Å². The number of para-hydroxylation sites is 4. The first kappa shape index (κ1) is 23.2. The van der Waals surface area contributed by atoms with E-state index in [2.05, 4.69) is 125 Å². The molecule has 8 aromatic rings. The lowest BCUT2D eigenvalue weighted by Gasteiger charge is -2.08. The molecule has 0 aliphatic rings. The fourth-order valence-corrected chi connectivity index (χ4v) is 6.08. The summed E-state index contributed by atoms with van der Waals surface area (Å²) in [7, 11) is 0. The molecule has 41 heavy (non-hydrogen) atoms. The van der Waals surface area contributed by atoms with Crippen molar-refractivity contribution in [3.63, 3.8) is 0 Å². The van der Waals surface area contributed by atoms with Gasteiger partial charge < -0.3 is 9.55 Å². The van der Waals surface area contributed by atoms with Crippen molar-refractivity contribution in [2.75, 3.05) is 0 Å². The van der Waals surface area contributed by atoms with E-state index in [1.807, 2.05) is 29.0 Å². The summed E-state index contributed by atoms with van der Waals surface area (Å²) >= 11 is 0. The van der Waals surface area contributed by atoms with Crippen LogP contribution >= 0.6 is 0 Å². The van der Waals surface area contributed by atoms with E-state index >= 15 is 0 Å². The maximum atomic E-state index is 6.77. The predicted octanol–water partition coefficient (Wildman–Crippen LogP) is 6.45. The molecule has 0 spiro atoms. The number of rotatable bonds is 2. The largest absolute Gasteiger partial charge is 0.396 e. The smallest absolute Gasteiger partial charge is 0.332 e. The number of hydrogen-bond donors (Lipinski definition) is 2. The highest BCUT2D eigenvalue weighted by Gasteiger charge is 2.20. The fourth-order valence-electron chi connectivity index (χ4n) is 6.08. The fraction of sp³-hybridized carbons (Fsp3) is 0. The highest BCUT2D eigenvalue weighted by atomic mass is 15.2. The number of aromatic nitrogens is 3. The number of pyridine rings is 1. The standard InChI is InChI=1S/C36H25N5/c37-36(41-32-18-8-4-13-27(32)28-14-5-9-19-33(28)41)39-35-26(16-10-22-38-35)24-20-21-34-30(23-24)29-15-6-7-17-31(29)40(34)25-11-2-1-3-12-25/h1-23H,(H2,37,38,39)/p+1. The van der Waals surface area contributed by atoms with Crippen LogP contribution in [0.3, 0.4) is 0 Å². The van der Waals surface area contributed by atoms with Crippen LogP contribution in [0.15, 0.2) is 145 Å². The Morgan fingerprint density at radius 3 is 1.85 bits per heavy atom. The third-order valence-corrected chi connectivity index (χ3v) is 7.87. The quantitative estimate of drug-likeness (QED) is 0.191. The van der Waals surface area contributed by atoms with E-state index in [4.69, 9.17) is 10.4 Å². The molecule has 0 saturated heterocycles. The van der Waals surface area contributed by atoms with Gasteiger partial charge in [0.1, 0.15) is 11.0 Å². The molecule has 0 unspecified atom stereocenters. The molecule has 0 fully saturated rings. The summed E-state index contributed by atoms with van der Waals surface area (Å²) in [5.41, 5.74) is 8.30. The Labute approximate surface area is 235 Å². The van der Waals surface area contributed by atoms with Crippen LogP contribution in [0.1, 0.15) is 0 Å². The van der Waals surface area contributed by atoms with Crippen LogP contribution in [0, 0.1) is 0 Å². The number of nitrogens with two attached hydrogens (primary N) is 1. The number of H-pyrrole nitrogens is 1. The van der Waals surface area contributed by atoms with E-state index in [0.29, 0.717) is 11.4 Å². The van der Waals surface area contributed by atoms with Gasteiger partial charge >= 0.3 is 5.96 Å². The molecule has 0 amide bonds. The van der Waals surface area contributed by atoms with Gasteiger partial charge in [-0.05, 0) is 60.2 Å². The van der Waals surface area contributed by atoms with Gasteiger partial charge in [0.25, 0.3) is 0 Å². The molecule has 5 aromatic carbocycles. The lowest BCUT2D eigenvalue weighted by Crippen LogP contribution is -2.44. The van der Waals surface area contributed by atoms with Gasteiger partial charge in [-0.25, -0.2) is 0 Å². The average Bonchev–Trinajstić information content (AvgIpc) is 3.54. The SMILES string of the molecule is [NH2+]=C(/N=c1\[nH]cccc1-c1ccc2c(c1)c1ccccc1n2-c1ccccc1)n1c2ccccc2c2ccccc21. The van der Waals surface area contributed by atoms with Crippen molar-refractivity contribution in [1.29, 1.82) is 0 Å². The predicted molar refractivity (Wildman–Crippen MR) is 168 cm³/mol. The van der Waals surface area contributed by atoms with E-state index in [9.17, 15) is 0 Å². The molecule has 0 aliphatic heterocycles. The molecule has 194 valence electrons. The number of hydrogen-bond acceptors (Lipinski definition) is 0. The molecule has 0 atom stereocenters. The number of nitrogens with one attached hydrogen (secondary N) is 1. The molecule has 5 nitrogen and oxygen atoms in total. The van der Waals surface area contributed by atoms with E-state index in [1.54, 1.807) is 0 Å². The third-order valence-electron chi connectivity index (χ3n) is 7.87. The summed E-state index contributed by atoms with van der Waals surface area (Å²) in [6.07, 6.45) is 1.89. The van der Waals surface area contributed by atoms with Gasteiger partial charge in [-0.3, -0.25) is 5.41 Å². The maximum Gasteiger partial charge on any atom is 0.396 e. The Morgan fingerprint density at radius 1 is 0.561 bits per heavy atom. The zero-order valence-electron chi connectivity index (χ0n) is 22.2. The molecule has 3 aromatic heterocycles. The summed E-state index contributed by atoms with van der Waals surface area (Å²) < 4.78 is 4.36. The molecule has 0 saturated carbocycles. The van der Waals surface area contributed by atoms with Crippen LogP contribution < -0.4 is 10.9 Å². The van der Waals surface area contributed by atoms with E-state index < -0.39 is 0 Å². The van der Waals surface area contributed by atoms with E-state index in [1.165, 1.54) is 16.3 Å². The Kier molecular flexibility index (Phi) is 5.22. The third kappa shape index (κ3) is 3.63. The number of nitrogens with zero attached hydrogens (tertiary/aromatic N) is 3. The van der Waals surface area contributed by atoms with Gasteiger partial charge in [-0.15, -0.1) is 0 Å². The Morgan fingerprint density at radius 2 is 1.15 bits per heavy atom. The zero-order valence-corrected chi connectivity index (χ0v) is 22.2. The van der Waals surface area contributed by atoms with E-state index in [0.717, 1.165) is 44.1 Å². The van der Waals surface area contributed by atoms with Crippen LogP contribution in [0.5, 0.6) is 0 Å². The highest BCUT2D eigenvalue weighted by molar-refractivity contribution is 6.13. The van der Waals surface area contributed by atoms with Gasteiger partial charge in [0, 0.05) is 39.0 Å². The summed E-state index contributed by atoms with van der Waals surface area (Å²) in [5.74, 6) is 0.410. The molecule has 0 radical (unpaired) electrons. The van der Waals surface area contributed by atoms with Crippen LogP contribution in [-0.2, 0) is 0 Å². The van der Waals surface area contributed by atoms with Crippen molar-refractivity contribution in [2.24, 2.45) is 4.99 Å². The van der Waals surface area contributed by atoms with Gasteiger partial charge in [0.15, 0.2) is 0 Å². The van der Waals surface area contributed by atoms with Crippen LogP contribution in [0.25, 0.3) is 60.4 Å². The first-order valence-electron chi connectivity index (χ1n) is 13.7. The lowest BCUT2D eigenvalue weighted by molar-refractivity contribution is -0.119. The van der Waals surface area contributed by atoms with Gasteiger partial charge in [-0.1, -0.05) is 83.9 Å². The molecule has 5 heteroatoms. The average molecular weight is 529 g/mol. The second-order valence-corrected chi connectivity index (χ2v) is 10.2. The van der Waals surface area contributed by atoms with Crippen molar-refractivity contribution < 1.29 is 5.41 Å². The summed E-state index contributed by atoms with van der Waals surface area (Å²) in [4.78, 5) is 8.32. The molecule has 8 rings (SSSR count). The van der Waals surface area contributed by atoms with Crippen LogP contribution in [0.2, 0.25) is 0 Å². The van der Waals surface area contributed by atoms with Crippen molar-refractivity contribution in [2.45, 2.75) is 0 Å². The van der Waals surface area contributed by atoms with Gasteiger partial charge in [0.2, 0.25) is 5.49 Å². The molecular weight excluding hydrogens is 502 g/mol. The molecular formula is C36H26N5+. The minimum Gasteiger partial charge on any atom is -0.332 e. The number of fused-ring (bicyclic) bond motifs is 6. The maximum absolute atomic E-state index is 6.77. The van der Waals surface area contributed by atoms with Crippen molar-refractivity contribution in [1.82, 2.24) is 14.1 Å². The second-order valence-electron chi connectivity index (χ2n) is 10.2. The van der Waals surface area contributed by atoms with Gasteiger partial charge in [0.05, 0.1) is 11.0 Å². The van der Waals surface area contributed by atoms with Crippen molar-refractivity contribution in [3.8, 4) is 16.8 Å². The summed E-state index contributed by atoms with van der Waals surface area (Å²) in [6, 6.07) is 46.4. The first-order valence-corrected chi connectivity index (χ1v) is 13.7.